The lowest BCUT2D eigenvalue weighted by atomic mass is 10.1. The van der Waals surface area contributed by atoms with E-state index in [9.17, 15) is 4.79 Å². The zero-order valence-electron chi connectivity index (χ0n) is 20.8. The number of aromatic nitrogens is 3. The van der Waals surface area contributed by atoms with Gasteiger partial charge in [0.1, 0.15) is 0 Å². The highest BCUT2D eigenvalue weighted by Gasteiger charge is 2.14. The molecule has 0 aliphatic carbocycles. The second-order valence-electron chi connectivity index (χ2n) is 9.48. The van der Waals surface area contributed by atoms with E-state index in [1.807, 2.05) is 36.5 Å². The third-order valence-corrected chi connectivity index (χ3v) is 7.73. The zero-order valence-corrected chi connectivity index (χ0v) is 21.6. The maximum Gasteiger partial charge on any atom is 0.251 e. The molecule has 2 aromatic carbocycles. The second kappa shape index (κ2) is 11.7. The van der Waals surface area contributed by atoms with Crippen molar-refractivity contribution in [3.05, 3.63) is 89.2 Å². The molecule has 0 spiro atoms. The fourth-order valence-corrected chi connectivity index (χ4v) is 5.67. The Morgan fingerprint density at radius 3 is 2.67 bits per heavy atom. The fraction of sp³-hybridized carbons (Fsp3) is 0.345. The third kappa shape index (κ3) is 6.15. The van der Waals surface area contributed by atoms with Gasteiger partial charge in [0.05, 0.1) is 23.8 Å². The number of amides is 1. The maximum atomic E-state index is 12.6. The first kappa shape index (κ1) is 24.5. The smallest absolute Gasteiger partial charge is 0.251 e. The molecule has 0 atom stereocenters. The summed E-state index contributed by atoms with van der Waals surface area (Å²) >= 11 is 1.74. The van der Waals surface area contributed by atoms with Crippen molar-refractivity contribution < 1.29 is 4.79 Å². The van der Waals surface area contributed by atoms with Gasteiger partial charge in [-0.3, -0.25) is 9.78 Å². The molecule has 0 bridgehead atoms. The minimum atomic E-state index is -0.00904. The molecule has 1 N–H and O–H groups in total. The van der Waals surface area contributed by atoms with Gasteiger partial charge < -0.3 is 14.8 Å². The molecule has 0 saturated carbocycles. The highest BCUT2D eigenvalue weighted by Crippen LogP contribution is 2.27. The van der Waals surface area contributed by atoms with E-state index in [-0.39, 0.29) is 5.91 Å². The Labute approximate surface area is 217 Å². The van der Waals surface area contributed by atoms with E-state index in [0.29, 0.717) is 18.7 Å². The minimum Gasteiger partial charge on any atom is -0.351 e. The van der Waals surface area contributed by atoms with Crippen LogP contribution >= 0.6 is 11.8 Å². The van der Waals surface area contributed by atoms with Crippen molar-refractivity contribution in [2.75, 3.05) is 26.2 Å². The fourth-order valence-electron chi connectivity index (χ4n) is 4.72. The summed E-state index contributed by atoms with van der Waals surface area (Å²) in [5.74, 6) is 0.847. The molecule has 7 heteroatoms. The molecule has 1 aliphatic rings. The van der Waals surface area contributed by atoms with Gasteiger partial charge in [-0.25, -0.2) is 4.98 Å². The number of carbonyl (C=O) groups excluding carboxylic acids is 1. The molecular formula is C29H33N5OS. The zero-order chi connectivity index (χ0) is 24.7. The number of nitrogens with one attached hydrogen (secondary N) is 1. The largest absolute Gasteiger partial charge is 0.351 e. The van der Waals surface area contributed by atoms with Gasteiger partial charge in [-0.05, 0) is 62.2 Å². The first-order valence-corrected chi connectivity index (χ1v) is 13.7. The Morgan fingerprint density at radius 1 is 1.03 bits per heavy atom. The van der Waals surface area contributed by atoms with Gasteiger partial charge in [0, 0.05) is 30.6 Å². The average molecular weight is 500 g/mol. The predicted molar refractivity (Wildman–Crippen MR) is 146 cm³/mol. The number of imidazole rings is 1. The molecule has 1 aliphatic heterocycles. The number of piperidine rings is 1. The molecule has 4 aromatic rings. The van der Waals surface area contributed by atoms with Crippen LogP contribution in [0.2, 0.25) is 0 Å². The Hall–Kier alpha value is -3.16. The third-order valence-electron chi connectivity index (χ3n) is 6.69. The molecule has 3 heterocycles. The Morgan fingerprint density at radius 2 is 1.86 bits per heavy atom. The monoisotopic (exact) mass is 499 g/mol. The van der Waals surface area contributed by atoms with Crippen molar-refractivity contribution in [2.24, 2.45) is 0 Å². The van der Waals surface area contributed by atoms with E-state index in [1.165, 1.54) is 30.4 Å². The van der Waals surface area contributed by atoms with Crippen molar-refractivity contribution in [1.29, 1.82) is 0 Å². The number of nitrogens with zero attached hydrogens (tertiary/aromatic N) is 4. The van der Waals surface area contributed by atoms with E-state index >= 15 is 0 Å². The maximum absolute atomic E-state index is 12.6. The average Bonchev–Trinajstić information content (AvgIpc) is 3.25. The molecule has 36 heavy (non-hydrogen) atoms. The molecule has 6 nitrogen and oxygen atoms in total. The molecule has 186 valence electrons. The molecule has 2 aromatic heterocycles. The molecule has 0 radical (unpaired) electrons. The van der Waals surface area contributed by atoms with Gasteiger partial charge >= 0.3 is 0 Å². The van der Waals surface area contributed by atoms with E-state index < -0.39 is 0 Å². The van der Waals surface area contributed by atoms with Crippen molar-refractivity contribution in [1.82, 2.24) is 24.8 Å². The van der Waals surface area contributed by atoms with E-state index in [2.05, 4.69) is 51.0 Å². The quantitative estimate of drug-likeness (QED) is 0.317. The number of hydrogen-bond acceptors (Lipinski definition) is 5. The van der Waals surface area contributed by atoms with Crippen LogP contribution in [-0.4, -0.2) is 51.5 Å². The summed E-state index contributed by atoms with van der Waals surface area (Å²) < 4.78 is 2.22. The summed E-state index contributed by atoms with van der Waals surface area (Å²) in [5.41, 5.74) is 6.34. The standard InChI is InChI=1S/C29H33N5OS/c1-22-6-5-7-24(18-22)21-36-29-32-26-12-13-30-19-27(26)34(29)20-23-8-10-25(11-9-23)28(35)31-14-17-33-15-3-2-4-16-33/h5-13,18-19H,2-4,14-17,20-21H2,1H3,(H,31,35). The molecule has 0 unspecified atom stereocenters. The van der Waals surface area contributed by atoms with Crippen LogP contribution in [0.4, 0.5) is 0 Å². The van der Waals surface area contributed by atoms with Gasteiger partial charge in [-0.15, -0.1) is 0 Å². The number of thioether (sulfide) groups is 1. The molecule has 1 amide bonds. The van der Waals surface area contributed by atoms with Gasteiger partial charge in [0.25, 0.3) is 5.91 Å². The van der Waals surface area contributed by atoms with Gasteiger partial charge in [-0.2, -0.15) is 0 Å². The summed E-state index contributed by atoms with van der Waals surface area (Å²) in [6, 6.07) is 18.5. The van der Waals surface area contributed by atoms with Crippen LogP contribution in [-0.2, 0) is 12.3 Å². The second-order valence-corrected chi connectivity index (χ2v) is 10.4. The highest BCUT2D eigenvalue weighted by molar-refractivity contribution is 7.98. The van der Waals surface area contributed by atoms with Crippen LogP contribution in [0.25, 0.3) is 11.0 Å². The Bertz CT molecular complexity index is 1310. The van der Waals surface area contributed by atoms with Crippen molar-refractivity contribution >= 4 is 28.7 Å². The number of benzene rings is 2. The first-order chi connectivity index (χ1) is 17.7. The first-order valence-electron chi connectivity index (χ1n) is 12.7. The van der Waals surface area contributed by atoms with Crippen LogP contribution in [0.3, 0.4) is 0 Å². The lowest BCUT2D eigenvalue weighted by Gasteiger charge is -2.26. The lowest BCUT2D eigenvalue weighted by Crippen LogP contribution is -2.37. The number of hydrogen-bond donors (Lipinski definition) is 1. The van der Waals surface area contributed by atoms with Gasteiger partial charge in [0.2, 0.25) is 0 Å². The number of likely N-dealkylation sites (tertiary alicyclic amines) is 1. The van der Waals surface area contributed by atoms with Crippen LogP contribution in [0.5, 0.6) is 0 Å². The van der Waals surface area contributed by atoms with E-state index in [0.717, 1.165) is 47.1 Å². The number of rotatable bonds is 9. The van der Waals surface area contributed by atoms with E-state index in [4.69, 9.17) is 4.98 Å². The highest BCUT2D eigenvalue weighted by atomic mass is 32.2. The SMILES string of the molecule is Cc1cccc(CSc2nc3ccncc3n2Cc2ccc(C(=O)NCCN3CCCCC3)cc2)c1. The topological polar surface area (TPSA) is 63.1 Å². The molecule has 5 rings (SSSR count). The van der Waals surface area contributed by atoms with Crippen LogP contribution in [0.1, 0.15) is 46.3 Å². The van der Waals surface area contributed by atoms with Crippen LogP contribution in [0, 0.1) is 6.92 Å². The Kier molecular flexibility index (Phi) is 7.98. The number of carbonyl (C=O) groups is 1. The molecule has 1 saturated heterocycles. The summed E-state index contributed by atoms with van der Waals surface area (Å²) in [7, 11) is 0. The lowest BCUT2D eigenvalue weighted by molar-refractivity contribution is 0.0946. The molecular weight excluding hydrogens is 466 g/mol. The normalized spacial score (nSPS) is 14.2. The van der Waals surface area contributed by atoms with Crippen LogP contribution < -0.4 is 5.32 Å². The molecule has 1 fully saturated rings. The number of fused-ring (bicyclic) bond motifs is 1. The predicted octanol–water partition coefficient (Wildman–Crippen LogP) is 5.30. The van der Waals surface area contributed by atoms with Crippen molar-refractivity contribution in [2.45, 2.75) is 43.6 Å². The van der Waals surface area contributed by atoms with Gasteiger partial charge in [-0.1, -0.05) is 60.1 Å². The summed E-state index contributed by atoms with van der Waals surface area (Å²) in [6.45, 7) is 6.70. The van der Waals surface area contributed by atoms with Gasteiger partial charge in [0.15, 0.2) is 5.16 Å². The minimum absolute atomic E-state index is 0.00904. The number of pyridine rings is 1. The summed E-state index contributed by atoms with van der Waals surface area (Å²) in [4.78, 5) is 24.3. The Balaban J connectivity index is 1.24. The van der Waals surface area contributed by atoms with E-state index in [1.54, 1.807) is 18.0 Å². The van der Waals surface area contributed by atoms with Crippen molar-refractivity contribution in [3.8, 4) is 0 Å². The summed E-state index contributed by atoms with van der Waals surface area (Å²) in [5, 5.41) is 4.04. The van der Waals surface area contributed by atoms with Crippen LogP contribution in [0.15, 0.2) is 72.1 Å². The summed E-state index contributed by atoms with van der Waals surface area (Å²) in [6.07, 6.45) is 7.53. The number of aryl methyl sites for hydroxylation is 1. The van der Waals surface area contributed by atoms with Crippen molar-refractivity contribution in [3.63, 3.8) is 0 Å².